The second kappa shape index (κ2) is 32.0. The predicted octanol–water partition coefficient (Wildman–Crippen LogP) is 11.5. The normalized spacial score (nSPS) is 16.1. The lowest BCUT2D eigenvalue weighted by atomic mass is 9.88. The van der Waals surface area contributed by atoms with E-state index in [-0.39, 0.29) is 55.6 Å². The standard InChI is InChI=1S/C42H56N4O8S.C34H50N4O6S/c1-27-28(2)37(29(3)33-22-23-42(7,8)53-36(27)33)55(50,51)46-24-14-17-31-20-21-32(44-38(31)46)18-12-13-19-35(47)43-25-34(39(48)54-41(4,5)6)45-40(49)52-26-30-15-10-9-11-16-30;1-21-22(2)30(23(3)26-17-18-34(7,8)43-29(21)26)45(41,42)38-19-11-12-24-15-16-25(37-31(24)38)13-9-10-14-28(39)36-20-27(35)32(40)44-33(4,5)6/h9-11,15-16,20-21,34H,12-14,17-19,22-26H2,1-8H3,(H,43,47)(H,45,49);15-16,27H,9-14,17-20,35H2,1-8H3,(H,36,39)/t34-;27-/m00/s1. The first-order chi connectivity index (χ1) is 46.8. The van der Waals surface area contributed by atoms with Gasteiger partial charge in [-0.05, 0) is 274 Å². The van der Waals surface area contributed by atoms with Crippen LogP contribution >= 0.6 is 0 Å². The second-order valence-electron chi connectivity index (χ2n) is 30.1. The number of anilines is 2. The molecule has 5 aromatic rings. The number of carbonyl (C=O) groups is 5. The molecule has 6 heterocycles. The molecule has 0 fully saturated rings. The Morgan fingerprint density at radius 1 is 0.570 bits per heavy atom. The van der Waals surface area contributed by atoms with E-state index in [4.69, 9.17) is 39.4 Å². The van der Waals surface area contributed by atoms with Crippen LogP contribution in [0.5, 0.6) is 11.5 Å². The fourth-order valence-corrected chi connectivity index (χ4v) is 17.1. The highest BCUT2D eigenvalue weighted by molar-refractivity contribution is 7.93. The number of unbranched alkanes of at least 4 members (excludes halogenated alkanes) is 2. The molecule has 2 aromatic heterocycles. The van der Waals surface area contributed by atoms with Crippen molar-refractivity contribution < 1.29 is 64.5 Å². The molecule has 9 rings (SSSR count). The summed E-state index contributed by atoms with van der Waals surface area (Å²) in [4.78, 5) is 73.1. The van der Waals surface area contributed by atoms with Crippen molar-refractivity contribution in [2.45, 2.75) is 264 Å². The summed E-state index contributed by atoms with van der Waals surface area (Å²) >= 11 is 0. The van der Waals surface area contributed by atoms with Gasteiger partial charge in [0.25, 0.3) is 20.0 Å². The number of hydrogen-bond donors (Lipinski definition) is 4. The maximum atomic E-state index is 14.5. The van der Waals surface area contributed by atoms with E-state index in [0.29, 0.717) is 85.0 Å². The van der Waals surface area contributed by atoms with Gasteiger partial charge < -0.3 is 45.4 Å². The highest BCUT2D eigenvalue weighted by Gasteiger charge is 2.40. The lowest BCUT2D eigenvalue weighted by molar-refractivity contribution is -0.158. The van der Waals surface area contributed by atoms with Crippen LogP contribution in [0, 0.1) is 41.5 Å². The van der Waals surface area contributed by atoms with E-state index in [1.807, 2.05) is 96.1 Å². The van der Waals surface area contributed by atoms with Crippen LogP contribution in [-0.4, -0.2) is 117 Å². The monoisotopic (exact) mass is 1420 g/mol. The number of nitrogens with zero attached hydrogens (tertiary/aromatic N) is 4. The van der Waals surface area contributed by atoms with Crippen LogP contribution in [0.25, 0.3) is 0 Å². The van der Waals surface area contributed by atoms with Crippen LogP contribution in [0.15, 0.2) is 64.4 Å². The number of aryl methyl sites for hydroxylation is 4. The van der Waals surface area contributed by atoms with E-state index in [9.17, 15) is 40.8 Å². The number of carbonyl (C=O) groups excluding carboxylic acids is 5. The minimum absolute atomic E-state index is 0.0120. The molecule has 0 unspecified atom stereocenters. The summed E-state index contributed by atoms with van der Waals surface area (Å²) in [7, 11) is -7.82. The number of rotatable bonds is 23. The Morgan fingerprint density at radius 2 is 1.00 bits per heavy atom. The van der Waals surface area contributed by atoms with Gasteiger partial charge in [0.15, 0.2) is 0 Å². The molecular weight excluding hydrogens is 1310 g/mol. The number of nitrogens with one attached hydrogen (secondary N) is 3. The quantitative estimate of drug-likeness (QED) is 0.0268. The van der Waals surface area contributed by atoms with Crippen LogP contribution in [0.1, 0.15) is 206 Å². The Bertz CT molecular complexity index is 4090. The molecule has 0 spiro atoms. The Morgan fingerprint density at radius 3 is 1.44 bits per heavy atom. The zero-order valence-corrected chi connectivity index (χ0v) is 63.2. The number of ether oxygens (including phenoxy) is 5. The third-order valence-electron chi connectivity index (χ3n) is 18.6. The molecule has 3 amide bonds. The van der Waals surface area contributed by atoms with Crippen molar-refractivity contribution in [1.29, 1.82) is 0 Å². The van der Waals surface area contributed by atoms with Gasteiger partial charge in [-0.2, -0.15) is 0 Å². The van der Waals surface area contributed by atoms with E-state index < -0.39 is 61.4 Å². The zero-order chi connectivity index (χ0) is 73.5. The van der Waals surface area contributed by atoms with Gasteiger partial charge in [-0.3, -0.25) is 14.4 Å². The molecule has 0 radical (unpaired) electrons. The number of amides is 3. The Hall–Kier alpha value is -7.83. The maximum absolute atomic E-state index is 14.5. The summed E-state index contributed by atoms with van der Waals surface area (Å²) in [6.45, 7) is 30.7. The molecule has 2 atom stereocenters. The van der Waals surface area contributed by atoms with Gasteiger partial charge in [0.1, 0.15) is 64.2 Å². The summed E-state index contributed by atoms with van der Waals surface area (Å²) in [5, 5.41) is 7.95. The smallest absolute Gasteiger partial charge is 0.408 e. The van der Waals surface area contributed by atoms with E-state index >= 15 is 0 Å². The fourth-order valence-electron chi connectivity index (χ4n) is 13.1. The molecule has 4 aliphatic rings. The van der Waals surface area contributed by atoms with Crippen molar-refractivity contribution in [2.24, 2.45) is 5.73 Å². The van der Waals surface area contributed by atoms with Gasteiger partial charge >= 0.3 is 18.0 Å². The van der Waals surface area contributed by atoms with Crippen molar-refractivity contribution in [3.8, 4) is 11.5 Å². The Labute approximate surface area is 592 Å². The molecule has 546 valence electrons. The van der Waals surface area contributed by atoms with Crippen LogP contribution in [0.3, 0.4) is 0 Å². The summed E-state index contributed by atoms with van der Waals surface area (Å²) < 4.78 is 89.5. The van der Waals surface area contributed by atoms with Crippen molar-refractivity contribution in [1.82, 2.24) is 25.9 Å². The van der Waals surface area contributed by atoms with Crippen molar-refractivity contribution in [2.75, 3.05) is 34.8 Å². The van der Waals surface area contributed by atoms with Gasteiger partial charge in [0.05, 0.1) is 9.79 Å². The molecular formula is C76H106N8O14S2. The molecule has 100 heavy (non-hydrogen) atoms. The highest BCUT2D eigenvalue weighted by atomic mass is 32.2. The van der Waals surface area contributed by atoms with Gasteiger partial charge in [-0.15, -0.1) is 0 Å². The number of nitrogens with two attached hydrogens (primary N) is 1. The van der Waals surface area contributed by atoms with Gasteiger partial charge in [-0.1, -0.05) is 42.5 Å². The minimum atomic E-state index is -3.93. The third-order valence-corrected chi connectivity index (χ3v) is 22.8. The molecule has 4 aliphatic heterocycles. The van der Waals surface area contributed by atoms with Crippen LogP contribution < -0.4 is 39.8 Å². The average Bonchev–Trinajstić information content (AvgIpc) is 0.738. The highest BCUT2D eigenvalue weighted by Crippen LogP contribution is 2.46. The van der Waals surface area contributed by atoms with E-state index in [0.717, 1.165) is 123 Å². The molecule has 3 aromatic carbocycles. The predicted molar refractivity (Wildman–Crippen MR) is 386 cm³/mol. The van der Waals surface area contributed by atoms with E-state index in [2.05, 4.69) is 43.6 Å². The Kier molecular flexibility index (Phi) is 24.9. The number of fused-ring (bicyclic) bond motifs is 4. The zero-order valence-electron chi connectivity index (χ0n) is 61.6. The lowest BCUT2D eigenvalue weighted by Crippen LogP contribution is -2.50. The van der Waals surface area contributed by atoms with E-state index in [1.54, 1.807) is 41.5 Å². The first kappa shape index (κ1) is 77.9. The van der Waals surface area contributed by atoms with Crippen LogP contribution in [0.4, 0.5) is 16.4 Å². The van der Waals surface area contributed by atoms with Gasteiger partial charge in [-0.25, -0.2) is 45.0 Å². The number of sulfonamides is 2. The summed E-state index contributed by atoms with van der Waals surface area (Å²) in [6.07, 6.45) is 9.35. The largest absolute Gasteiger partial charge is 0.487 e. The van der Waals surface area contributed by atoms with Gasteiger partial charge in [0.2, 0.25) is 11.8 Å². The fraction of sp³-hybridized carbons (Fsp3) is 0.566. The number of pyridine rings is 2. The molecule has 24 heteroatoms. The second-order valence-corrected chi connectivity index (χ2v) is 33.7. The van der Waals surface area contributed by atoms with E-state index in [1.165, 1.54) is 8.61 Å². The number of aromatic nitrogens is 2. The topological polar surface area (TPSA) is 294 Å². The first-order valence-electron chi connectivity index (χ1n) is 35.2. The average molecular weight is 1420 g/mol. The summed E-state index contributed by atoms with van der Waals surface area (Å²) in [5.41, 5.74) is 14.5. The maximum Gasteiger partial charge on any atom is 0.408 e. The molecule has 0 bridgehead atoms. The molecule has 5 N–H and O–H groups in total. The molecule has 0 aliphatic carbocycles. The first-order valence-corrected chi connectivity index (χ1v) is 38.0. The van der Waals surface area contributed by atoms with Crippen molar-refractivity contribution in [3.05, 3.63) is 127 Å². The van der Waals surface area contributed by atoms with Crippen LogP contribution in [0.2, 0.25) is 0 Å². The SMILES string of the molecule is Cc1c(C)c(S(=O)(=O)N2CCCc3ccc(CCCCC(=O)NC[C@H](N)C(=O)OC(C)(C)C)nc32)c(C)c2c1OC(C)(C)CC2.Cc1c(C)c(S(=O)(=O)N2CCCc3ccc(CCCCC(=O)NC[C@H](NC(=O)OCc4ccccc4)C(=O)OC(C)(C)C)nc32)c(C)c2c1OC(C)(C)CC2. The Balaban J connectivity index is 0.000000260. The van der Waals surface area contributed by atoms with Crippen molar-refractivity contribution >= 4 is 61.5 Å². The summed E-state index contributed by atoms with van der Waals surface area (Å²) in [5.74, 6) is 0.867. The minimum Gasteiger partial charge on any atom is -0.487 e. The number of hydrogen-bond acceptors (Lipinski definition) is 17. The molecule has 22 nitrogen and oxygen atoms in total. The molecule has 0 saturated carbocycles. The molecule has 0 saturated heterocycles. The van der Waals surface area contributed by atoms with Crippen LogP contribution in [-0.2, 0) is 98.6 Å². The summed E-state index contributed by atoms with van der Waals surface area (Å²) in [6, 6.07) is 14.9. The number of esters is 2. The number of benzene rings is 3. The van der Waals surface area contributed by atoms with Gasteiger partial charge in [0, 0.05) is 50.4 Å². The van der Waals surface area contributed by atoms with Crippen molar-refractivity contribution in [3.63, 3.8) is 0 Å². The third kappa shape index (κ3) is 19.6. The number of alkyl carbamates (subject to hydrolysis) is 1. The lowest BCUT2D eigenvalue weighted by Gasteiger charge is -2.37.